The van der Waals surface area contributed by atoms with Gasteiger partial charge in [0, 0.05) is 32.2 Å². The predicted octanol–water partition coefficient (Wildman–Crippen LogP) is 2.04. The van der Waals surface area contributed by atoms with Crippen molar-refractivity contribution in [2.75, 3.05) is 26.2 Å². The molecule has 1 atom stereocenters. The summed E-state index contributed by atoms with van der Waals surface area (Å²) < 4.78 is 5.44. The Balaban J connectivity index is 1.68. The van der Waals surface area contributed by atoms with Crippen LogP contribution < -0.4 is 5.32 Å². The molecule has 1 amide bonds. The normalized spacial score (nSPS) is 22.6. The van der Waals surface area contributed by atoms with Gasteiger partial charge in [-0.1, -0.05) is 18.2 Å². The number of piperazine rings is 1. The average molecular weight is 361 g/mol. The number of carbonyl (C=O) groups is 2. The Morgan fingerprint density at radius 1 is 1.19 bits per heavy atom. The minimum Gasteiger partial charge on any atom is -0.444 e. The fourth-order valence-electron chi connectivity index (χ4n) is 3.38. The number of nitrogens with one attached hydrogen (secondary N) is 1. The Hall–Kier alpha value is -2.12. The number of nitrogens with zero attached hydrogens (tertiary/aromatic N) is 2. The number of hydroxylamine groups is 2. The highest BCUT2D eigenvalue weighted by Gasteiger charge is 2.57. The summed E-state index contributed by atoms with van der Waals surface area (Å²) in [7, 11) is 0. The van der Waals surface area contributed by atoms with E-state index in [-0.39, 0.29) is 18.1 Å². The summed E-state index contributed by atoms with van der Waals surface area (Å²) in [4.78, 5) is 32.1. The molecule has 7 nitrogen and oxygen atoms in total. The molecular weight excluding hydrogens is 334 g/mol. The molecule has 0 saturated carbocycles. The number of ether oxygens (including phenoxy) is 1. The van der Waals surface area contributed by atoms with Crippen LogP contribution >= 0.6 is 0 Å². The third kappa shape index (κ3) is 3.68. The van der Waals surface area contributed by atoms with Crippen molar-refractivity contribution in [3.05, 3.63) is 35.9 Å². The second-order valence-electron chi connectivity index (χ2n) is 7.96. The van der Waals surface area contributed by atoms with Crippen LogP contribution in [0.25, 0.3) is 0 Å². The molecule has 0 radical (unpaired) electrons. The van der Waals surface area contributed by atoms with Gasteiger partial charge in [-0.25, -0.2) is 9.59 Å². The lowest BCUT2D eigenvalue weighted by Crippen LogP contribution is -2.80. The molecule has 3 rings (SSSR count). The molecule has 2 aliphatic rings. The van der Waals surface area contributed by atoms with E-state index in [4.69, 9.17) is 9.57 Å². The molecule has 2 aliphatic heterocycles. The van der Waals surface area contributed by atoms with Gasteiger partial charge in [0.15, 0.2) is 0 Å². The van der Waals surface area contributed by atoms with E-state index in [0.717, 1.165) is 6.54 Å². The van der Waals surface area contributed by atoms with Crippen molar-refractivity contribution in [2.45, 2.75) is 44.9 Å². The van der Waals surface area contributed by atoms with Gasteiger partial charge in [-0.05, 0) is 39.8 Å². The van der Waals surface area contributed by atoms with Gasteiger partial charge in [-0.2, -0.15) is 0 Å². The van der Waals surface area contributed by atoms with Crippen LogP contribution in [-0.4, -0.2) is 65.4 Å². The number of carbonyl (C=O) groups excluding carboxylic acids is 2. The number of amides is 1. The van der Waals surface area contributed by atoms with Crippen molar-refractivity contribution in [3.63, 3.8) is 0 Å². The van der Waals surface area contributed by atoms with Crippen LogP contribution in [0.5, 0.6) is 0 Å². The van der Waals surface area contributed by atoms with E-state index in [1.165, 1.54) is 0 Å². The van der Waals surface area contributed by atoms with Crippen LogP contribution in [0.4, 0.5) is 4.79 Å². The van der Waals surface area contributed by atoms with E-state index in [1.54, 1.807) is 34.2 Å². The number of rotatable bonds is 2. The standard InChI is InChI=1S/C19H27N3O4/c1-14-19(12-21(13-19)17(24)25-18(2,3)4)22(11-10-20-14)26-16(23)15-8-6-5-7-9-15/h5-9,14,20H,10-13H2,1-4H3. The minimum atomic E-state index is -0.532. The zero-order valence-corrected chi connectivity index (χ0v) is 15.8. The monoisotopic (exact) mass is 361 g/mol. The van der Waals surface area contributed by atoms with Gasteiger partial charge in [0.1, 0.15) is 11.1 Å². The summed E-state index contributed by atoms with van der Waals surface area (Å²) in [5, 5.41) is 5.15. The summed E-state index contributed by atoms with van der Waals surface area (Å²) in [5.74, 6) is -0.380. The fraction of sp³-hybridized carbons (Fsp3) is 0.579. The lowest BCUT2D eigenvalue weighted by molar-refractivity contribution is -0.235. The number of hydrogen-bond acceptors (Lipinski definition) is 6. The lowest BCUT2D eigenvalue weighted by atomic mass is 9.81. The molecule has 1 aromatic rings. The fourth-order valence-corrected chi connectivity index (χ4v) is 3.38. The smallest absolute Gasteiger partial charge is 0.410 e. The molecule has 2 saturated heterocycles. The predicted molar refractivity (Wildman–Crippen MR) is 96.6 cm³/mol. The van der Waals surface area contributed by atoms with E-state index in [1.807, 2.05) is 26.8 Å². The first-order chi connectivity index (χ1) is 12.2. The highest BCUT2D eigenvalue weighted by atomic mass is 16.7. The Morgan fingerprint density at radius 2 is 1.85 bits per heavy atom. The zero-order valence-electron chi connectivity index (χ0n) is 15.8. The summed E-state index contributed by atoms with van der Waals surface area (Å²) in [6.45, 7) is 9.80. The van der Waals surface area contributed by atoms with Crippen molar-refractivity contribution in [1.82, 2.24) is 15.3 Å². The maximum Gasteiger partial charge on any atom is 0.410 e. The van der Waals surface area contributed by atoms with Crippen LogP contribution in [0.3, 0.4) is 0 Å². The largest absolute Gasteiger partial charge is 0.444 e. The molecule has 7 heteroatoms. The maximum absolute atomic E-state index is 12.5. The topological polar surface area (TPSA) is 71.1 Å². The second-order valence-corrected chi connectivity index (χ2v) is 7.96. The minimum absolute atomic E-state index is 0.0820. The first kappa shape index (κ1) is 18.7. The molecule has 142 valence electrons. The van der Waals surface area contributed by atoms with E-state index in [0.29, 0.717) is 25.2 Å². The highest BCUT2D eigenvalue weighted by molar-refractivity contribution is 5.89. The SMILES string of the molecule is CC1NCCN(OC(=O)c2ccccc2)C12CN(C(=O)OC(C)(C)C)C2. The average Bonchev–Trinajstić information content (AvgIpc) is 2.52. The Labute approximate surface area is 154 Å². The Kier molecular flexibility index (Phi) is 4.94. The summed E-state index contributed by atoms with van der Waals surface area (Å²) in [6, 6.07) is 9.01. The Morgan fingerprint density at radius 3 is 2.46 bits per heavy atom. The molecular formula is C19H27N3O4. The number of benzene rings is 1. The molecule has 2 heterocycles. The van der Waals surface area contributed by atoms with Crippen molar-refractivity contribution >= 4 is 12.1 Å². The first-order valence-electron chi connectivity index (χ1n) is 8.98. The van der Waals surface area contributed by atoms with Crippen LogP contribution in [-0.2, 0) is 9.57 Å². The van der Waals surface area contributed by atoms with Gasteiger partial charge in [-0.15, -0.1) is 5.06 Å². The molecule has 1 aromatic carbocycles. The lowest BCUT2D eigenvalue weighted by Gasteiger charge is -2.58. The number of likely N-dealkylation sites (tertiary alicyclic amines) is 1. The van der Waals surface area contributed by atoms with E-state index in [2.05, 4.69) is 12.2 Å². The third-order valence-electron chi connectivity index (χ3n) is 4.85. The highest BCUT2D eigenvalue weighted by Crippen LogP contribution is 2.35. The molecule has 1 spiro atoms. The van der Waals surface area contributed by atoms with Gasteiger partial charge in [0.05, 0.1) is 5.56 Å². The van der Waals surface area contributed by atoms with Crippen molar-refractivity contribution < 1.29 is 19.2 Å². The van der Waals surface area contributed by atoms with Gasteiger partial charge in [0.2, 0.25) is 0 Å². The quantitative estimate of drug-likeness (QED) is 0.869. The van der Waals surface area contributed by atoms with Crippen LogP contribution in [0.1, 0.15) is 38.1 Å². The maximum atomic E-state index is 12.5. The van der Waals surface area contributed by atoms with Gasteiger partial charge in [-0.3, -0.25) is 0 Å². The van der Waals surface area contributed by atoms with Crippen LogP contribution in [0.2, 0.25) is 0 Å². The summed E-state index contributed by atoms with van der Waals surface area (Å²) in [5.41, 5.74) is -0.452. The second kappa shape index (κ2) is 6.89. The molecule has 0 bridgehead atoms. The Bertz CT molecular complexity index is 665. The van der Waals surface area contributed by atoms with Crippen molar-refractivity contribution in [3.8, 4) is 0 Å². The first-order valence-corrected chi connectivity index (χ1v) is 8.98. The molecule has 2 fully saturated rings. The van der Waals surface area contributed by atoms with Crippen molar-refractivity contribution in [1.29, 1.82) is 0 Å². The van der Waals surface area contributed by atoms with Crippen molar-refractivity contribution in [2.24, 2.45) is 0 Å². The number of hydrogen-bond donors (Lipinski definition) is 1. The van der Waals surface area contributed by atoms with Crippen LogP contribution in [0, 0.1) is 0 Å². The summed E-state index contributed by atoms with van der Waals surface area (Å²) >= 11 is 0. The van der Waals surface area contributed by atoms with Gasteiger partial charge in [0.25, 0.3) is 0 Å². The van der Waals surface area contributed by atoms with Gasteiger partial charge >= 0.3 is 12.1 Å². The molecule has 0 aliphatic carbocycles. The summed E-state index contributed by atoms with van der Waals surface area (Å²) in [6.07, 6.45) is -0.338. The molecule has 1 unspecified atom stereocenters. The molecule has 1 N–H and O–H groups in total. The molecule has 0 aromatic heterocycles. The molecule has 26 heavy (non-hydrogen) atoms. The zero-order chi connectivity index (χ0) is 18.9. The van der Waals surface area contributed by atoms with E-state index < -0.39 is 11.1 Å². The van der Waals surface area contributed by atoms with E-state index >= 15 is 0 Å². The van der Waals surface area contributed by atoms with Crippen LogP contribution in [0.15, 0.2) is 30.3 Å². The van der Waals surface area contributed by atoms with E-state index in [9.17, 15) is 9.59 Å². The van der Waals surface area contributed by atoms with Gasteiger partial charge < -0.3 is 19.8 Å². The third-order valence-corrected chi connectivity index (χ3v) is 4.85.